The second kappa shape index (κ2) is 12.8. The van der Waals surface area contributed by atoms with Gasteiger partial charge in [0, 0.05) is 38.5 Å². The topological polar surface area (TPSA) is 41.6 Å². The number of hydrogen-bond acceptors (Lipinski definition) is 2. The Labute approximate surface area is 244 Å². The van der Waals surface area contributed by atoms with E-state index in [4.69, 9.17) is 11.8 Å². The zero-order valence-corrected chi connectivity index (χ0v) is 25.1. The molecule has 1 aliphatic carbocycles. The van der Waals surface area contributed by atoms with Gasteiger partial charge in [0.05, 0.1) is 13.7 Å². The van der Waals surface area contributed by atoms with Gasteiger partial charge in [0.2, 0.25) is 0 Å². The number of aryl methyl sites for hydroxylation is 1. The molecule has 3 nitrogen and oxygen atoms in total. The number of nitrogens with zero attached hydrogens (tertiary/aromatic N) is 3. The van der Waals surface area contributed by atoms with Gasteiger partial charge in [0.15, 0.2) is 0 Å². The van der Waals surface area contributed by atoms with Crippen molar-refractivity contribution in [3.8, 4) is 22.5 Å². The minimum absolute atomic E-state index is 0. The minimum Gasteiger partial charge on any atom is -0.512 e. The Kier molecular flexibility index (Phi) is 9.23. The SMILES string of the molecule is Cc1nc2c(n1C)-c1cccc3cc[c-]c-2c13.[C-]#N.[Ir].c1ccc([PH+](c2ccccc2)c2ccccc2)cc1. The first-order chi connectivity index (χ1) is 18.7. The molecule has 0 atom stereocenters. The zero-order valence-electron chi connectivity index (χ0n) is 21.7. The van der Waals surface area contributed by atoms with Crippen LogP contribution in [0.15, 0.2) is 121 Å². The first-order valence-corrected chi connectivity index (χ1v) is 14.0. The predicted molar refractivity (Wildman–Crippen MR) is 160 cm³/mol. The summed E-state index contributed by atoms with van der Waals surface area (Å²) < 4.78 is 2.16. The molecule has 1 aliphatic rings. The molecule has 0 saturated carbocycles. The van der Waals surface area contributed by atoms with E-state index in [9.17, 15) is 0 Å². The molecule has 5 aromatic carbocycles. The fraction of sp³-hybridized carbons (Fsp3) is 0.0588. The van der Waals surface area contributed by atoms with Crippen molar-refractivity contribution in [1.29, 1.82) is 5.26 Å². The van der Waals surface area contributed by atoms with Crippen LogP contribution in [0.1, 0.15) is 5.82 Å². The van der Waals surface area contributed by atoms with Gasteiger partial charge < -0.3 is 16.4 Å². The largest absolute Gasteiger partial charge is 0.512 e. The fourth-order valence-electron chi connectivity index (χ4n) is 5.07. The molecule has 0 amide bonds. The Morgan fingerprint density at radius 2 is 1.23 bits per heavy atom. The number of aromatic nitrogens is 2. The first kappa shape index (κ1) is 28.2. The maximum Gasteiger partial charge on any atom is 0.102 e. The van der Waals surface area contributed by atoms with E-state index < -0.39 is 7.92 Å². The third-order valence-corrected chi connectivity index (χ3v) is 9.57. The van der Waals surface area contributed by atoms with Crippen LogP contribution in [0.2, 0.25) is 0 Å². The van der Waals surface area contributed by atoms with Crippen LogP contribution in [0, 0.1) is 24.8 Å². The van der Waals surface area contributed by atoms with E-state index in [0.717, 1.165) is 17.1 Å². The number of benzene rings is 5. The second-order valence-electron chi connectivity index (χ2n) is 9.01. The summed E-state index contributed by atoms with van der Waals surface area (Å²) in [5.74, 6) is 1.05. The molecule has 193 valence electrons. The first-order valence-electron chi connectivity index (χ1n) is 12.5. The van der Waals surface area contributed by atoms with Crippen LogP contribution in [0.25, 0.3) is 33.3 Å². The molecule has 39 heavy (non-hydrogen) atoms. The van der Waals surface area contributed by atoms with Crippen LogP contribution >= 0.6 is 7.92 Å². The molecule has 7 rings (SSSR count). The molecular formula is C34H27IrN3P-. The Bertz CT molecular complexity index is 1600. The van der Waals surface area contributed by atoms with Crippen LogP contribution in [0.3, 0.4) is 0 Å². The van der Waals surface area contributed by atoms with E-state index in [1.54, 1.807) is 0 Å². The van der Waals surface area contributed by atoms with Gasteiger partial charge >= 0.3 is 0 Å². The summed E-state index contributed by atoms with van der Waals surface area (Å²) >= 11 is 0. The maximum absolute atomic E-state index is 6.25. The Morgan fingerprint density at radius 3 is 1.74 bits per heavy atom. The van der Waals surface area contributed by atoms with Crippen molar-refractivity contribution in [1.82, 2.24) is 9.55 Å². The monoisotopic (exact) mass is 701 g/mol. The summed E-state index contributed by atoms with van der Waals surface area (Å²) in [6.07, 6.45) is 0. The summed E-state index contributed by atoms with van der Waals surface area (Å²) in [5.41, 5.74) is 4.74. The molecule has 0 bridgehead atoms. The van der Waals surface area contributed by atoms with Gasteiger partial charge in [-0.15, -0.1) is 29.1 Å². The number of hydrogen-bond donors (Lipinski definition) is 0. The summed E-state index contributed by atoms with van der Waals surface area (Å²) in [4.78, 5) is 4.66. The van der Waals surface area contributed by atoms with E-state index in [-0.39, 0.29) is 20.1 Å². The Hall–Kier alpha value is -3.86. The average molecular weight is 701 g/mol. The van der Waals surface area contributed by atoms with Gasteiger partial charge in [0.25, 0.3) is 0 Å². The minimum atomic E-state index is -0.877. The molecule has 1 radical (unpaired) electrons. The zero-order chi connectivity index (χ0) is 26.5. The summed E-state index contributed by atoms with van der Waals surface area (Å²) in [7, 11) is 1.20. The van der Waals surface area contributed by atoms with Crippen molar-refractivity contribution < 1.29 is 20.1 Å². The quantitative estimate of drug-likeness (QED) is 0.154. The predicted octanol–water partition coefficient (Wildman–Crippen LogP) is 6.60. The number of rotatable bonds is 3. The van der Waals surface area contributed by atoms with Gasteiger partial charge in [-0.25, -0.2) is 0 Å². The molecule has 1 heterocycles. The van der Waals surface area contributed by atoms with Crippen molar-refractivity contribution in [2.45, 2.75) is 6.92 Å². The second-order valence-corrected chi connectivity index (χ2v) is 11.5. The van der Waals surface area contributed by atoms with Crippen LogP contribution in [-0.4, -0.2) is 9.55 Å². The van der Waals surface area contributed by atoms with Crippen molar-refractivity contribution in [3.05, 3.63) is 140 Å². The molecule has 0 saturated heterocycles. The number of fused-ring (bicyclic) bond motifs is 3. The van der Waals surface area contributed by atoms with Crippen molar-refractivity contribution in [2.24, 2.45) is 7.05 Å². The van der Waals surface area contributed by atoms with E-state index in [1.807, 2.05) is 13.0 Å². The molecule has 0 fully saturated rings. The standard InChI is InChI=1S/C18H15P.C15H11N2.CN.Ir/c1-4-10-16(11-5-1)19(17-12-6-2-7-13-17)18-14-8-3-9-15-18;1-9-16-14-11-7-3-5-10-6-4-8-12(13(10)11)15(14)17(9)2;1-2;/h1-15H;3-6,8H,1-2H3;;/q;2*-1;/p+1. The molecule has 1 aromatic heterocycles. The third-order valence-electron chi connectivity index (χ3n) is 6.84. The van der Waals surface area contributed by atoms with Gasteiger partial charge in [-0.3, -0.25) is 4.98 Å². The molecule has 0 aliphatic heterocycles. The normalized spacial score (nSPS) is 10.5. The van der Waals surface area contributed by atoms with Crippen LogP contribution < -0.4 is 15.9 Å². The van der Waals surface area contributed by atoms with E-state index in [2.05, 4.69) is 138 Å². The van der Waals surface area contributed by atoms with Gasteiger partial charge in [-0.1, -0.05) is 78.2 Å². The van der Waals surface area contributed by atoms with Gasteiger partial charge in [-0.2, -0.15) is 0 Å². The van der Waals surface area contributed by atoms with E-state index >= 15 is 0 Å². The smallest absolute Gasteiger partial charge is 0.102 e. The molecule has 5 heteroatoms. The summed E-state index contributed by atoms with van der Waals surface area (Å²) in [6, 6.07) is 46.4. The molecule has 6 aromatic rings. The average Bonchev–Trinajstić information content (AvgIpc) is 3.46. The molecule has 0 N–H and O–H groups in total. The Balaban J connectivity index is 0.000000167. The maximum atomic E-state index is 6.25. The fourth-order valence-corrected chi connectivity index (χ4v) is 7.64. The Morgan fingerprint density at radius 1 is 0.718 bits per heavy atom. The van der Waals surface area contributed by atoms with Gasteiger partial charge in [-0.05, 0) is 48.9 Å². The number of imidazole rings is 1. The van der Waals surface area contributed by atoms with Crippen LogP contribution in [0.4, 0.5) is 0 Å². The molecule has 0 unspecified atom stereocenters. The van der Waals surface area contributed by atoms with Crippen molar-refractivity contribution in [3.63, 3.8) is 0 Å². The van der Waals surface area contributed by atoms with Crippen molar-refractivity contribution >= 4 is 34.6 Å². The molecular weight excluding hydrogens is 674 g/mol. The third kappa shape index (κ3) is 5.49. The van der Waals surface area contributed by atoms with E-state index in [1.165, 1.54) is 37.9 Å². The van der Waals surface area contributed by atoms with E-state index in [0.29, 0.717) is 0 Å². The van der Waals surface area contributed by atoms with Crippen molar-refractivity contribution in [2.75, 3.05) is 0 Å². The van der Waals surface area contributed by atoms with Gasteiger partial charge in [0.1, 0.15) is 15.9 Å². The van der Waals surface area contributed by atoms with Crippen LogP contribution in [-0.2, 0) is 27.2 Å². The molecule has 0 spiro atoms. The summed E-state index contributed by atoms with van der Waals surface area (Å²) in [6.45, 7) is 6.79. The van der Waals surface area contributed by atoms with Crippen LogP contribution in [0.5, 0.6) is 0 Å². The summed E-state index contributed by atoms with van der Waals surface area (Å²) in [5, 5.41) is 13.1.